The molecule has 100 valence electrons. The smallest absolute Gasteiger partial charge is 0.248 e. The standard InChI is InChI=1S/C13H22F3N/c14-12(6-3-11(17)4-7-12)8-10-2-1-5-13(15,16)9-10/h10-11H,1-9,17H2. The fourth-order valence-electron chi connectivity index (χ4n) is 3.33. The maximum atomic E-state index is 14.5. The van der Waals surface area contributed by atoms with Gasteiger partial charge in [0.1, 0.15) is 5.67 Å². The summed E-state index contributed by atoms with van der Waals surface area (Å²) in [5.74, 6) is -2.71. The van der Waals surface area contributed by atoms with Crippen molar-refractivity contribution in [3.8, 4) is 0 Å². The van der Waals surface area contributed by atoms with E-state index in [9.17, 15) is 13.2 Å². The van der Waals surface area contributed by atoms with Gasteiger partial charge >= 0.3 is 0 Å². The van der Waals surface area contributed by atoms with Gasteiger partial charge in [-0.05, 0) is 50.9 Å². The van der Waals surface area contributed by atoms with E-state index in [-0.39, 0.29) is 24.8 Å². The number of nitrogens with two attached hydrogens (primary N) is 1. The topological polar surface area (TPSA) is 26.0 Å². The van der Waals surface area contributed by atoms with E-state index >= 15 is 0 Å². The van der Waals surface area contributed by atoms with Gasteiger partial charge in [0.2, 0.25) is 5.92 Å². The van der Waals surface area contributed by atoms with Gasteiger partial charge < -0.3 is 5.73 Å². The maximum Gasteiger partial charge on any atom is 0.248 e. The lowest BCUT2D eigenvalue weighted by atomic mass is 9.74. The monoisotopic (exact) mass is 249 g/mol. The van der Waals surface area contributed by atoms with Crippen LogP contribution < -0.4 is 5.73 Å². The van der Waals surface area contributed by atoms with Gasteiger partial charge in [-0.25, -0.2) is 13.2 Å². The Balaban J connectivity index is 1.87. The fourth-order valence-corrected chi connectivity index (χ4v) is 3.33. The highest BCUT2D eigenvalue weighted by atomic mass is 19.3. The molecule has 2 fully saturated rings. The molecule has 1 atom stereocenters. The van der Waals surface area contributed by atoms with Crippen LogP contribution in [0.2, 0.25) is 0 Å². The third kappa shape index (κ3) is 3.60. The zero-order valence-corrected chi connectivity index (χ0v) is 10.2. The second kappa shape index (κ2) is 4.79. The largest absolute Gasteiger partial charge is 0.328 e. The molecule has 17 heavy (non-hydrogen) atoms. The summed E-state index contributed by atoms with van der Waals surface area (Å²) in [5.41, 5.74) is 4.52. The molecular weight excluding hydrogens is 227 g/mol. The van der Waals surface area contributed by atoms with Crippen LogP contribution >= 0.6 is 0 Å². The van der Waals surface area contributed by atoms with Crippen molar-refractivity contribution in [1.29, 1.82) is 0 Å². The van der Waals surface area contributed by atoms with Crippen LogP contribution in [0.3, 0.4) is 0 Å². The summed E-state index contributed by atoms with van der Waals surface area (Å²) in [6, 6.07) is 0.103. The van der Waals surface area contributed by atoms with Gasteiger partial charge in [-0.15, -0.1) is 0 Å². The molecule has 0 heterocycles. The Morgan fingerprint density at radius 1 is 1.00 bits per heavy atom. The molecule has 0 aromatic heterocycles. The first-order valence-electron chi connectivity index (χ1n) is 6.71. The SMILES string of the molecule is NC1CCC(F)(CC2CCCC(F)(F)C2)CC1. The second-order valence-corrected chi connectivity index (χ2v) is 6.01. The predicted octanol–water partition coefficient (Wildman–Crippen LogP) is 3.81. The third-order valence-electron chi connectivity index (χ3n) is 4.32. The molecule has 0 radical (unpaired) electrons. The van der Waals surface area contributed by atoms with Crippen molar-refractivity contribution in [2.24, 2.45) is 11.7 Å². The van der Waals surface area contributed by atoms with E-state index in [2.05, 4.69) is 0 Å². The first-order valence-corrected chi connectivity index (χ1v) is 6.71. The van der Waals surface area contributed by atoms with Gasteiger partial charge in [-0.1, -0.05) is 0 Å². The Labute approximate surface area is 101 Å². The number of hydrogen-bond acceptors (Lipinski definition) is 1. The molecule has 2 N–H and O–H groups in total. The van der Waals surface area contributed by atoms with Crippen LogP contribution in [-0.4, -0.2) is 17.6 Å². The Kier molecular flexibility index (Phi) is 3.71. The fraction of sp³-hybridized carbons (Fsp3) is 1.00. The highest BCUT2D eigenvalue weighted by Gasteiger charge is 2.42. The summed E-state index contributed by atoms with van der Waals surface area (Å²) < 4.78 is 41.0. The molecule has 0 bridgehead atoms. The molecule has 2 aliphatic rings. The minimum absolute atomic E-state index is 0.0202. The molecule has 0 amide bonds. The van der Waals surface area contributed by atoms with Gasteiger partial charge in [-0.2, -0.15) is 0 Å². The van der Waals surface area contributed by atoms with Crippen LogP contribution in [0.4, 0.5) is 13.2 Å². The van der Waals surface area contributed by atoms with Gasteiger partial charge in [0, 0.05) is 18.9 Å². The summed E-state index contributed by atoms with van der Waals surface area (Å²) in [5, 5.41) is 0. The van der Waals surface area contributed by atoms with Crippen molar-refractivity contribution in [3.05, 3.63) is 0 Å². The molecule has 0 aliphatic heterocycles. The zero-order valence-electron chi connectivity index (χ0n) is 10.2. The zero-order chi connectivity index (χ0) is 12.5. The highest BCUT2D eigenvalue weighted by molar-refractivity contribution is 4.91. The lowest BCUT2D eigenvalue weighted by Gasteiger charge is -2.37. The van der Waals surface area contributed by atoms with E-state index in [1.54, 1.807) is 0 Å². The van der Waals surface area contributed by atoms with Crippen LogP contribution in [0.1, 0.15) is 57.8 Å². The van der Waals surface area contributed by atoms with E-state index < -0.39 is 11.6 Å². The van der Waals surface area contributed by atoms with E-state index in [0.29, 0.717) is 38.5 Å². The molecule has 2 saturated carbocycles. The predicted molar refractivity (Wildman–Crippen MR) is 61.8 cm³/mol. The van der Waals surface area contributed by atoms with Crippen molar-refractivity contribution in [2.45, 2.75) is 75.4 Å². The number of hydrogen-bond donors (Lipinski definition) is 1. The molecule has 0 saturated heterocycles. The first kappa shape index (κ1) is 13.2. The molecule has 1 nitrogen and oxygen atoms in total. The summed E-state index contributed by atoms with van der Waals surface area (Å²) in [6.45, 7) is 0. The van der Waals surface area contributed by atoms with Crippen molar-refractivity contribution >= 4 is 0 Å². The Hall–Kier alpha value is -0.250. The van der Waals surface area contributed by atoms with E-state index in [1.165, 1.54) is 0 Å². The van der Waals surface area contributed by atoms with Crippen LogP contribution in [0.25, 0.3) is 0 Å². The summed E-state index contributed by atoms with van der Waals surface area (Å²) in [7, 11) is 0. The second-order valence-electron chi connectivity index (χ2n) is 6.01. The Morgan fingerprint density at radius 2 is 1.65 bits per heavy atom. The van der Waals surface area contributed by atoms with Crippen molar-refractivity contribution in [3.63, 3.8) is 0 Å². The molecule has 0 aromatic carbocycles. The van der Waals surface area contributed by atoms with Crippen LogP contribution in [-0.2, 0) is 0 Å². The van der Waals surface area contributed by atoms with Crippen LogP contribution in [0, 0.1) is 5.92 Å². The molecule has 0 aromatic rings. The molecular formula is C13H22F3N. The van der Waals surface area contributed by atoms with Crippen LogP contribution in [0.5, 0.6) is 0 Å². The highest BCUT2D eigenvalue weighted by Crippen LogP contribution is 2.44. The van der Waals surface area contributed by atoms with Crippen molar-refractivity contribution in [1.82, 2.24) is 0 Å². The number of alkyl halides is 3. The van der Waals surface area contributed by atoms with Gasteiger partial charge in [0.05, 0.1) is 0 Å². The lowest BCUT2D eigenvalue weighted by Crippen LogP contribution is -2.38. The van der Waals surface area contributed by atoms with Crippen LogP contribution in [0.15, 0.2) is 0 Å². The van der Waals surface area contributed by atoms with E-state index in [0.717, 1.165) is 6.42 Å². The van der Waals surface area contributed by atoms with E-state index in [1.807, 2.05) is 0 Å². The molecule has 1 unspecified atom stereocenters. The van der Waals surface area contributed by atoms with Gasteiger partial charge in [0.15, 0.2) is 0 Å². The maximum absolute atomic E-state index is 14.5. The molecule has 2 rings (SSSR count). The normalized spacial score (nSPS) is 42.4. The van der Waals surface area contributed by atoms with Crippen molar-refractivity contribution < 1.29 is 13.2 Å². The van der Waals surface area contributed by atoms with E-state index in [4.69, 9.17) is 5.73 Å². The first-order chi connectivity index (χ1) is 7.89. The Morgan fingerprint density at radius 3 is 2.24 bits per heavy atom. The van der Waals surface area contributed by atoms with Crippen molar-refractivity contribution in [2.75, 3.05) is 0 Å². The third-order valence-corrected chi connectivity index (χ3v) is 4.32. The van der Waals surface area contributed by atoms with Gasteiger partial charge in [-0.3, -0.25) is 0 Å². The Bertz CT molecular complexity index is 259. The summed E-state index contributed by atoms with van der Waals surface area (Å²) in [6.07, 6.45) is 3.76. The van der Waals surface area contributed by atoms with Gasteiger partial charge in [0.25, 0.3) is 0 Å². The quantitative estimate of drug-likeness (QED) is 0.791. The minimum Gasteiger partial charge on any atom is -0.328 e. The number of halogens is 3. The molecule has 4 heteroatoms. The lowest BCUT2D eigenvalue weighted by molar-refractivity contribution is -0.0644. The number of rotatable bonds is 2. The average molecular weight is 249 g/mol. The minimum atomic E-state index is -2.57. The molecule has 2 aliphatic carbocycles. The summed E-state index contributed by atoms with van der Waals surface area (Å²) in [4.78, 5) is 0. The molecule has 0 spiro atoms. The summed E-state index contributed by atoms with van der Waals surface area (Å²) >= 11 is 0. The average Bonchev–Trinajstić information content (AvgIpc) is 2.21.